The Balaban J connectivity index is 0. The summed E-state index contributed by atoms with van der Waals surface area (Å²) in [6, 6.07) is 0. The molecular formula is C10H26O6Ti. The van der Waals surface area contributed by atoms with Crippen molar-refractivity contribution in [2.75, 3.05) is 19.8 Å². The van der Waals surface area contributed by atoms with E-state index >= 15 is 0 Å². The summed E-state index contributed by atoms with van der Waals surface area (Å²) in [5.41, 5.74) is 0. The van der Waals surface area contributed by atoms with E-state index in [2.05, 4.69) is 10.2 Å². The van der Waals surface area contributed by atoms with E-state index in [4.69, 9.17) is 21.3 Å². The van der Waals surface area contributed by atoms with E-state index in [9.17, 15) is 0 Å². The van der Waals surface area contributed by atoms with Crippen LogP contribution in [0, 0.1) is 0 Å². The van der Waals surface area contributed by atoms with Crippen molar-refractivity contribution in [2.24, 2.45) is 0 Å². The second-order valence-corrected chi connectivity index (χ2v) is 5.88. The van der Waals surface area contributed by atoms with Gasteiger partial charge in [0.1, 0.15) is 0 Å². The largest absolute Gasteiger partial charge is 0.394 e. The molecule has 0 aliphatic rings. The molecular weight excluding hydrogens is 264 g/mol. The zero-order valence-electron chi connectivity index (χ0n) is 10.5. The predicted octanol–water partition coefficient (Wildman–Crippen LogP) is 0.125. The Labute approximate surface area is 108 Å². The van der Waals surface area contributed by atoms with Crippen molar-refractivity contribution in [3.8, 4) is 0 Å². The molecule has 0 aromatic rings. The third-order valence-electron chi connectivity index (χ3n) is 1.89. The number of aliphatic hydroxyl groups excluding tert-OH is 2. The van der Waals surface area contributed by atoms with Gasteiger partial charge >= 0.3 is 84.6 Å². The number of rotatable bonds is 9. The van der Waals surface area contributed by atoms with Crippen molar-refractivity contribution >= 4 is 0 Å². The summed E-state index contributed by atoms with van der Waals surface area (Å²) < 4.78 is 30.1. The molecule has 17 heavy (non-hydrogen) atoms. The smallest absolute Gasteiger partial charge is 0.0662 e. The van der Waals surface area contributed by atoms with E-state index in [1.807, 2.05) is 0 Å². The van der Waals surface area contributed by atoms with Gasteiger partial charge in [-0.3, -0.25) is 0 Å². The molecule has 7 heteroatoms. The monoisotopic (exact) mass is 290 g/mol. The predicted molar refractivity (Wildman–Crippen MR) is 60.2 cm³/mol. The Morgan fingerprint density at radius 3 is 1.71 bits per heavy atom. The molecule has 0 radical (unpaired) electrons. The van der Waals surface area contributed by atoms with E-state index in [0.29, 0.717) is 0 Å². The Morgan fingerprint density at radius 1 is 0.824 bits per heavy atom. The first-order valence-corrected chi connectivity index (χ1v) is 8.74. The molecule has 0 fully saturated rings. The zero-order valence-corrected chi connectivity index (χ0v) is 12.1. The molecule has 0 aromatic heterocycles. The van der Waals surface area contributed by atoms with E-state index in [1.54, 1.807) is 0 Å². The van der Waals surface area contributed by atoms with Gasteiger partial charge in [-0.25, -0.2) is 0 Å². The van der Waals surface area contributed by atoms with Crippen LogP contribution in [0.5, 0.6) is 0 Å². The fraction of sp³-hybridized carbons (Fsp3) is 1.00. The Hall–Kier alpha value is 0.474. The topological polar surface area (TPSA) is 110 Å². The fourth-order valence-corrected chi connectivity index (χ4v) is 1.74. The van der Waals surface area contributed by atoms with Gasteiger partial charge in [0.25, 0.3) is 0 Å². The Bertz CT molecular complexity index is 137. The summed E-state index contributed by atoms with van der Waals surface area (Å²) >= 11 is -4.68. The Morgan fingerprint density at radius 2 is 1.29 bits per heavy atom. The van der Waals surface area contributed by atoms with Gasteiger partial charge in [-0.2, -0.15) is 0 Å². The van der Waals surface area contributed by atoms with Gasteiger partial charge in [-0.15, -0.1) is 0 Å². The van der Waals surface area contributed by atoms with Gasteiger partial charge in [-0.1, -0.05) is 0 Å². The first kappa shape index (κ1) is 19.8. The van der Waals surface area contributed by atoms with Crippen LogP contribution < -0.4 is 0 Å². The van der Waals surface area contributed by atoms with Crippen LogP contribution in [-0.2, 0) is 21.5 Å². The summed E-state index contributed by atoms with van der Waals surface area (Å²) in [5, 5.41) is 15.2. The first-order chi connectivity index (χ1) is 7.97. The van der Waals surface area contributed by atoms with E-state index < -0.39 is 18.1 Å². The molecule has 0 atom stereocenters. The summed E-state index contributed by atoms with van der Waals surface area (Å²) in [6.07, 6.45) is 6.66. The van der Waals surface area contributed by atoms with Crippen molar-refractivity contribution < 1.29 is 42.7 Å². The molecule has 0 rings (SSSR count). The maximum atomic E-state index is 8.53. The normalized spacial score (nSPS) is 10.9. The van der Waals surface area contributed by atoms with Crippen LogP contribution in [-0.4, -0.2) is 41.1 Å². The molecule has 106 valence electrons. The molecule has 0 spiro atoms. The molecule has 0 amide bonds. The fourth-order valence-electron chi connectivity index (χ4n) is 1.09. The van der Waals surface area contributed by atoms with Crippen LogP contribution in [0.25, 0.3) is 0 Å². The number of aliphatic hydroxyl groups is 2. The third-order valence-corrected chi connectivity index (χ3v) is 2.82. The molecule has 6 nitrogen and oxygen atoms in total. The van der Waals surface area contributed by atoms with Crippen LogP contribution >= 0.6 is 0 Å². The average molecular weight is 290 g/mol. The molecule has 0 bridgehead atoms. The van der Waals surface area contributed by atoms with Crippen LogP contribution in [0.2, 0.25) is 0 Å². The summed E-state index contributed by atoms with van der Waals surface area (Å²) in [7, 11) is 0. The summed E-state index contributed by atoms with van der Waals surface area (Å²) in [5.74, 6) is 0. The second kappa shape index (κ2) is 14.5. The Kier molecular flexibility index (Phi) is 16.9. The summed E-state index contributed by atoms with van der Waals surface area (Å²) in [6.45, 7) is 2.17. The van der Waals surface area contributed by atoms with Crippen LogP contribution in [0.15, 0.2) is 0 Å². The first-order valence-electron chi connectivity index (χ1n) is 6.00. The van der Waals surface area contributed by atoms with Gasteiger partial charge < -0.3 is 10.2 Å². The van der Waals surface area contributed by atoms with Crippen molar-refractivity contribution in [1.29, 1.82) is 0 Å². The quantitative estimate of drug-likeness (QED) is 0.305. The van der Waals surface area contributed by atoms with Crippen molar-refractivity contribution in [1.82, 2.24) is 0 Å². The SMILES string of the molecule is CCCCCCCC[O][Ti]([OH])([OH])[OH].OCCO. The minimum atomic E-state index is -4.68. The van der Waals surface area contributed by atoms with E-state index in [0.717, 1.165) is 19.3 Å². The standard InChI is InChI=1S/C8H17O.C2H6O2.3H2O.Ti/c1-2-3-4-5-6-7-8-9;3-1-2-4;;;;/h2-8H2,1H3;3-4H,1-2H2;3*1H2;/q-1;;;;;+4/p-3. The number of unbranched alkanes of at least 4 members (excludes halogenated alkanes) is 5. The van der Waals surface area contributed by atoms with E-state index in [-0.39, 0.29) is 19.8 Å². The minimum absolute atomic E-state index is 0.125. The van der Waals surface area contributed by atoms with Crippen LogP contribution in [0.4, 0.5) is 0 Å². The molecule has 0 aliphatic carbocycles. The van der Waals surface area contributed by atoms with Gasteiger partial charge in [-0.05, 0) is 0 Å². The molecule has 0 unspecified atom stereocenters. The third kappa shape index (κ3) is 26.2. The molecule has 0 aromatic carbocycles. The van der Waals surface area contributed by atoms with Crippen molar-refractivity contribution in [3.05, 3.63) is 0 Å². The minimum Gasteiger partial charge on any atom is -0.394 e. The molecule has 0 saturated heterocycles. The van der Waals surface area contributed by atoms with Crippen LogP contribution in [0.1, 0.15) is 45.4 Å². The second-order valence-electron chi connectivity index (χ2n) is 3.64. The molecule has 0 aliphatic heterocycles. The van der Waals surface area contributed by atoms with Crippen molar-refractivity contribution in [2.45, 2.75) is 45.4 Å². The van der Waals surface area contributed by atoms with Gasteiger partial charge in [0.05, 0.1) is 13.2 Å². The van der Waals surface area contributed by atoms with Gasteiger partial charge in [0.15, 0.2) is 0 Å². The maximum Gasteiger partial charge on any atom is 0.0662 e. The van der Waals surface area contributed by atoms with E-state index in [1.165, 1.54) is 19.3 Å². The molecule has 0 heterocycles. The van der Waals surface area contributed by atoms with Crippen molar-refractivity contribution in [3.63, 3.8) is 0 Å². The maximum absolute atomic E-state index is 8.53. The molecule has 0 saturated carbocycles. The van der Waals surface area contributed by atoms with Gasteiger partial charge in [0.2, 0.25) is 0 Å². The van der Waals surface area contributed by atoms with Gasteiger partial charge in [0, 0.05) is 0 Å². The number of hydrogen-bond donors (Lipinski definition) is 5. The summed E-state index contributed by atoms with van der Waals surface area (Å²) in [4.78, 5) is 0. The number of hydrogen-bond acceptors (Lipinski definition) is 6. The zero-order chi connectivity index (χ0) is 13.6. The van der Waals surface area contributed by atoms with Crippen LogP contribution in [0.3, 0.4) is 0 Å². The molecule has 5 N–H and O–H groups in total. The average Bonchev–Trinajstić information content (AvgIpc) is 2.27.